The van der Waals surface area contributed by atoms with E-state index in [2.05, 4.69) is 15.9 Å². The summed E-state index contributed by atoms with van der Waals surface area (Å²) in [5.41, 5.74) is 8.15. The van der Waals surface area contributed by atoms with Gasteiger partial charge in [-0.25, -0.2) is 0 Å². The molecule has 0 spiro atoms. The Morgan fingerprint density at radius 3 is 2.45 bits per heavy atom. The quantitative estimate of drug-likeness (QED) is 0.658. The smallest absolute Gasteiger partial charge is 0.269 e. The molecule has 1 unspecified atom stereocenters. The van der Waals surface area contributed by atoms with Crippen molar-refractivity contribution in [1.82, 2.24) is 0 Å². The van der Waals surface area contributed by atoms with Crippen molar-refractivity contribution in [3.05, 3.63) is 73.2 Å². The number of nitrogens with two attached hydrogens (primary N) is 1. The first-order valence-electron chi connectivity index (χ1n) is 5.91. The SMILES string of the molecule is NC(Cc1ccc([N+](=O)[O-])cc1)c1ccc(Cl)cc1Br. The second-order valence-corrected chi connectivity index (χ2v) is 5.69. The number of non-ortho nitro benzene ring substituents is 1. The lowest BCUT2D eigenvalue weighted by molar-refractivity contribution is -0.384. The molecule has 0 bridgehead atoms. The number of nitrogens with zero attached hydrogens (tertiary/aromatic N) is 1. The van der Waals surface area contributed by atoms with Gasteiger partial charge in [-0.05, 0) is 29.7 Å². The summed E-state index contributed by atoms with van der Waals surface area (Å²) in [6, 6.07) is 11.7. The summed E-state index contributed by atoms with van der Waals surface area (Å²) in [5.74, 6) is 0. The van der Waals surface area contributed by atoms with Gasteiger partial charge in [-0.15, -0.1) is 0 Å². The summed E-state index contributed by atoms with van der Waals surface area (Å²) in [5, 5.41) is 11.2. The van der Waals surface area contributed by atoms with Crippen molar-refractivity contribution in [2.45, 2.75) is 12.5 Å². The van der Waals surface area contributed by atoms with E-state index in [0.717, 1.165) is 15.6 Å². The van der Waals surface area contributed by atoms with Gasteiger partial charge in [-0.2, -0.15) is 0 Å². The highest BCUT2D eigenvalue weighted by atomic mass is 79.9. The molecule has 20 heavy (non-hydrogen) atoms. The van der Waals surface area contributed by atoms with Crippen LogP contribution in [0.3, 0.4) is 0 Å². The van der Waals surface area contributed by atoms with Crippen LogP contribution in [-0.2, 0) is 6.42 Å². The Hall–Kier alpha value is -1.43. The maximum Gasteiger partial charge on any atom is 0.269 e. The van der Waals surface area contributed by atoms with Gasteiger partial charge in [0.15, 0.2) is 0 Å². The first-order chi connectivity index (χ1) is 9.47. The van der Waals surface area contributed by atoms with Crippen LogP contribution in [0.1, 0.15) is 17.2 Å². The van der Waals surface area contributed by atoms with Crippen LogP contribution in [0, 0.1) is 10.1 Å². The van der Waals surface area contributed by atoms with Crippen LogP contribution in [0.5, 0.6) is 0 Å². The van der Waals surface area contributed by atoms with Crippen molar-refractivity contribution in [2.24, 2.45) is 5.73 Å². The van der Waals surface area contributed by atoms with E-state index in [1.54, 1.807) is 24.3 Å². The Kier molecular flexibility index (Phi) is 4.75. The molecule has 2 aromatic carbocycles. The van der Waals surface area contributed by atoms with E-state index < -0.39 is 4.92 Å². The number of halogens is 2. The maximum atomic E-state index is 10.6. The van der Waals surface area contributed by atoms with Crippen LogP contribution in [0.15, 0.2) is 46.9 Å². The lowest BCUT2D eigenvalue weighted by atomic mass is 9.99. The lowest BCUT2D eigenvalue weighted by Gasteiger charge is -2.14. The highest BCUT2D eigenvalue weighted by molar-refractivity contribution is 9.10. The molecule has 0 fully saturated rings. The zero-order chi connectivity index (χ0) is 14.7. The molecule has 1 atom stereocenters. The Balaban J connectivity index is 2.14. The van der Waals surface area contributed by atoms with Crippen LogP contribution in [0.2, 0.25) is 5.02 Å². The zero-order valence-corrected chi connectivity index (χ0v) is 12.8. The fourth-order valence-electron chi connectivity index (χ4n) is 1.92. The molecule has 2 rings (SSSR count). The number of hydrogen-bond acceptors (Lipinski definition) is 3. The van der Waals surface area contributed by atoms with E-state index in [1.807, 2.05) is 6.07 Å². The molecule has 0 amide bonds. The van der Waals surface area contributed by atoms with Crippen LogP contribution in [0.25, 0.3) is 0 Å². The van der Waals surface area contributed by atoms with Gasteiger partial charge in [0, 0.05) is 27.7 Å². The molecule has 0 aromatic heterocycles. The average Bonchev–Trinajstić information content (AvgIpc) is 2.39. The number of hydrogen-bond donors (Lipinski definition) is 1. The molecule has 2 aromatic rings. The largest absolute Gasteiger partial charge is 0.324 e. The van der Waals surface area contributed by atoms with Crippen LogP contribution < -0.4 is 5.73 Å². The van der Waals surface area contributed by atoms with Crippen LogP contribution in [0.4, 0.5) is 5.69 Å². The topological polar surface area (TPSA) is 69.2 Å². The normalized spacial score (nSPS) is 12.2. The molecule has 6 heteroatoms. The average molecular weight is 356 g/mol. The molecule has 104 valence electrons. The van der Waals surface area contributed by atoms with Crippen LogP contribution in [-0.4, -0.2) is 4.92 Å². The summed E-state index contributed by atoms with van der Waals surface area (Å²) in [6.07, 6.45) is 0.595. The summed E-state index contributed by atoms with van der Waals surface area (Å²) in [6.45, 7) is 0. The summed E-state index contributed by atoms with van der Waals surface area (Å²) in [7, 11) is 0. The van der Waals surface area contributed by atoms with Crippen molar-refractivity contribution in [3.63, 3.8) is 0 Å². The van der Waals surface area contributed by atoms with E-state index in [4.69, 9.17) is 17.3 Å². The first-order valence-corrected chi connectivity index (χ1v) is 7.08. The maximum absolute atomic E-state index is 10.6. The first kappa shape index (κ1) is 15.0. The Morgan fingerprint density at radius 2 is 1.90 bits per heavy atom. The predicted molar refractivity (Wildman–Crippen MR) is 82.9 cm³/mol. The third-order valence-electron chi connectivity index (χ3n) is 2.96. The summed E-state index contributed by atoms with van der Waals surface area (Å²) < 4.78 is 0.861. The Bertz CT molecular complexity index is 632. The van der Waals surface area contributed by atoms with E-state index in [-0.39, 0.29) is 11.7 Å². The Labute approximate surface area is 129 Å². The Morgan fingerprint density at radius 1 is 1.25 bits per heavy atom. The minimum absolute atomic E-state index is 0.0787. The van der Waals surface area contributed by atoms with Gasteiger partial charge in [0.1, 0.15) is 0 Å². The zero-order valence-electron chi connectivity index (χ0n) is 10.4. The van der Waals surface area contributed by atoms with Crippen molar-refractivity contribution in [2.75, 3.05) is 0 Å². The molecule has 0 heterocycles. The fraction of sp³-hybridized carbons (Fsp3) is 0.143. The third-order valence-corrected chi connectivity index (χ3v) is 3.89. The van der Waals surface area contributed by atoms with Crippen LogP contribution >= 0.6 is 27.5 Å². The number of nitro groups is 1. The van der Waals surface area contributed by atoms with E-state index >= 15 is 0 Å². The van der Waals surface area contributed by atoms with Gasteiger partial charge < -0.3 is 5.73 Å². The fourth-order valence-corrected chi connectivity index (χ4v) is 2.90. The van der Waals surface area contributed by atoms with Gasteiger partial charge in [0.2, 0.25) is 0 Å². The molecule has 0 aliphatic rings. The summed E-state index contributed by atoms with van der Waals surface area (Å²) >= 11 is 9.33. The molecule has 2 N–H and O–H groups in total. The molecular weight excluding hydrogens is 344 g/mol. The van der Waals surface area contributed by atoms with Crippen molar-refractivity contribution in [1.29, 1.82) is 0 Å². The lowest BCUT2D eigenvalue weighted by Crippen LogP contribution is -2.14. The molecule has 4 nitrogen and oxygen atoms in total. The van der Waals surface area contributed by atoms with Crippen molar-refractivity contribution in [3.8, 4) is 0 Å². The highest BCUT2D eigenvalue weighted by Crippen LogP contribution is 2.27. The van der Waals surface area contributed by atoms with Gasteiger partial charge in [0.05, 0.1) is 4.92 Å². The van der Waals surface area contributed by atoms with Gasteiger partial charge in [-0.1, -0.05) is 45.7 Å². The van der Waals surface area contributed by atoms with Gasteiger partial charge >= 0.3 is 0 Å². The highest BCUT2D eigenvalue weighted by Gasteiger charge is 2.12. The minimum Gasteiger partial charge on any atom is -0.324 e. The van der Waals surface area contributed by atoms with Crippen molar-refractivity contribution < 1.29 is 4.92 Å². The van der Waals surface area contributed by atoms with E-state index in [1.165, 1.54) is 12.1 Å². The molecule has 0 aliphatic heterocycles. The second kappa shape index (κ2) is 6.35. The third kappa shape index (κ3) is 3.56. The van der Waals surface area contributed by atoms with Crippen molar-refractivity contribution >= 4 is 33.2 Å². The number of rotatable bonds is 4. The standard InChI is InChI=1S/C14H12BrClN2O2/c15-13-8-10(16)3-6-12(13)14(17)7-9-1-4-11(5-2-9)18(19)20/h1-6,8,14H,7,17H2. The summed E-state index contributed by atoms with van der Waals surface area (Å²) in [4.78, 5) is 10.2. The van der Waals surface area contributed by atoms with E-state index in [0.29, 0.717) is 11.4 Å². The van der Waals surface area contributed by atoms with Gasteiger partial charge in [0.25, 0.3) is 5.69 Å². The van der Waals surface area contributed by atoms with E-state index in [9.17, 15) is 10.1 Å². The molecular formula is C14H12BrClN2O2. The second-order valence-electron chi connectivity index (χ2n) is 4.40. The monoisotopic (exact) mass is 354 g/mol. The number of nitro benzene ring substituents is 1. The molecule has 0 radical (unpaired) electrons. The molecule has 0 saturated carbocycles. The number of benzene rings is 2. The molecule has 0 saturated heterocycles. The molecule has 0 aliphatic carbocycles. The predicted octanol–water partition coefficient (Wildman–Crippen LogP) is 4.25. The van der Waals surface area contributed by atoms with Gasteiger partial charge in [-0.3, -0.25) is 10.1 Å². The minimum atomic E-state index is -0.417.